The van der Waals surface area contributed by atoms with Gasteiger partial charge in [-0.15, -0.1) is 0 Å². The average Bonchev–Trinajstić information content (AvgIpc) is 2.87. The fraction of sp³-hybridized carbons (Fsp3) is 0.462. The predicted octanol–water partition coefficient (Wildman–Crippen LogP) is 2.11. The van der Waals surface area contributed by atoms with Gasteiger partial charge in [-0.2, -0.15) is 0 Å². The van der Waals surface area contributed by atoms with Crippen LogP contribution in [-0.2, 0) is 0 Å². The molecule has 0 saturated carbocycles. The van der Waals surface area contributed by atoms with Crippen molar-refractivity contribution in [2.45, 2.75) is 12.8 Å². The topological polar surface area (TPSA) is 41.3 Å². The lowest BCUT2D eigenvalue weighted by Crippen LogP contribution is -2.26. The molecule has 0 bridgehead atoms. The third kappa shape index (κ3) is 3.39. The summed E-state index contributed by atoms with van der Waals surface area (Å²) in [6.07, 6.45) is 2.43. The van der Waals surface area contributed by atoms with E-state index < -0.39 is 11.6 Å². The molecule has 1 aliphatic rings. The molecule has 1 aliphatic heterocycles. The molecule has 2 rings (SSSR count). The van der Waals surface area contributed by atoms with E-state index >= 15 is 0 Å². The van der Waals surface area contributed by atoms with Crippen molar-refractivity contribution in [3.63, 3.8) is 0 Å². The van der Waals surface area contributed by atoms with Crippen molar-refractivity contribution in [2.24, 2.45) is 5.73 Å². The van der Waals surface area contributed by atoms with Crippen LogP contribution in [0.2, 0.25) is 0 Å². The Hall–Kier alpha value is -1.27. The first-order valence-corrected chi connectivity index (χ1v) is 6.74. The fourth-order valence-corrected chi connectivity index (χ4v) is 2.39. The van der Waals surface area contributed by atoms with E-state index in [1.807, 2.05) is 0 Å². The summed E-state index contributed by atoms with van der Waals surface area (Å²) in [5.41, 5.74) is 5.41. The van der Waals surface area contributed by atoms with E-state index in [0.717, 1.165) is 19.6 Å². The lowest BCUT2D eigenvalue weighted by atomic mass is 10.2. The maximum Gasteiger partial charge on any atom is 0.182 e. The number of anilines is 1. The highest BCUT2D eigenvalue weighted by Gasteiger charge is 2.15. The van der Waals surface area contributed by atoms with Gasteiger partial charge in [-0.05, 0) is 38.1 Å². The van der Waals surface area contributed by atoms with Crippen LogP contribution in [-0.4, -0.2) is 36.1 Å². The number of nitrogens with zero attached hydrogens (tertiary/aromatic N) is 1. The molecule has 0 radical (unpaired) electrons. The minimum atomic E-state index is -0.987. The molecule has 0 spiro atoms. The van der Waals surface area contributed by atoms with E-state index in [9.17, 15) is 8.78 Å². The minimum Gasteiger partial charge on any atom is -0.389 e. The van der Waals surface area contributed by atoms with Crippen LogP contribution in [0.5, 0.6) is 0 Å². The second-order valence-corrected chi connectivity index (χ2v) is 5.07. The predicted molar refractivity (Wildman–Crippen MR) is 76.4 cm³/mol. The van der Waals surface area contributed by atoms with Gasteiger partial charge in [0.25, 0.3) is 0 Å². The van der Waals surface area contributed by atoms with Crippen LogP contribution in [0.25, 0.3) is 0 Å². The number of hydrogen-bond donors (Lipinski definition) is 2. The Morgan fingerprint density at radius 3 is 2.58 bits per heavy atom. The molecule has 0 atom stereocenters. The summed E-state index contributed by atoms with van der Waals surface area (Å²) in [4.78, 5) is 2.16. The lowest BCUT2D eigenvalue weighted by molar-refractivity contribution is 0.352. The van der Waals surface area contributed by atoms with E-state index in [-0.39, 0.29) is 16.2 Å². The van der Waals surface area contributed by atoms with Crippen LogP contribution >= 0.6 is 12.2 Å². The fourth-order valence-electron chi connectivity index (χ4n) is 2.23. The monoisotopic (exact) mass is 285 g/mol. The Morgan fingerprint density at radius 2 is 1.95 bits per heavy atom. The van der Waals surface area contributed by atoms with E-state index in [4.69, 9.17) is 5.73 Å². The quantitative estimate of drug-likeness (QED) is 0.813. The van der Waals surface area contributed by atoms with E-state index in [1.54, 1.807) is 0 Å². The second kappa shape index (κ2) is 6.25. The zero-order valence-electron chi connectivity index (χ0n) is 10.6. The molecule has 1 fully saturated rings. The van der Waals surface area contributed by atoms with Crippen molar-refractivity contribution >= 4 is 22.9 Å². The molecule has 0 aromatic heterocycles. The molecule has 1 aromatic carbocycles. The number of likely N-dealkylation sites (tertiary alicyclic amines) is 1. The first kappa shape index (κ1) is 14.1. The summed E-state index contributed by atoms with van der Waals surface area (Å²) < 4.78 is 27.4. The van der Waals surface area contributed by atoms with Crippen molar-refractivity contribution in [1.82, 2.24) is 4.90 Å². The summed E-state index contributed by atoms with van der Waals surface area (Å²) in [6.45, 7) is 3.58. The Labute approximate surface area is 116 Å². The molecular formula is C13H17F2N3S. The maximum atomic E-state index is 13.8. The van der Waals surface area contributed by atoms with Crippen molar-refractivity contribution in [3.8, 4) is 0 Å². The summed E-state index contributed by atoms with van der Waals surface area (Å²) in [5, 5.41) is 2.91. The molecule has 3 N–H and O–H groups in total. The Balaban J connectivity index is 1.96. The Morgan fingerprint density at radius 1 is 1.26 bits per heavy atom. The second-order valence-electron chi connectivity index (χ2n) is 4.63. The number of nitrogens with two attached hydrogens (primary N) is 1. The largest absolute Gasteiger partial charge is 0.389 e. The summed E-state index contributed by atoms with van der Waals surface area (Å²) in [7, 11) is 0. The van der Waals surface area contributed by atoms with Gasteiger partial charge < -0.3 is 16.0 Å². The standard InChI is InChI=1S/C13H17F2N3S/c14-11-9(13(16)19)3-4-10(12(11)15)17-5-8-18-6-1-2-7-18/h3-4,17H,1-2,5-8H2,(H2,16,19). The molecule has 0 amide bonds. The third-order valence-electron chi connectivity index (χ3n) is 3.29. The van der Waals surface area contributed by atoms with Crippen molar-refractivity contribution in [1.29, 1.82) is 0 Å². The van der Waals surface area contributed by atoms with Crippen LogP contribution in [0.1, 0.15) is 18.4 Å². The van der Waals surface area contributed by atoms with Crippen LogP contribution in [0.3, 0.4) is 0 Å². The van der Waals surface area contributed by atoms with E-state index in [2.05, 4.69) is 22.4 Å². The maximum absolute atomic E-state index is 13.8. The van der Waals surface area contributed by atoms with Crippen molar-refractivity contribution < 1.29 is 8.78 Å². The van der Waals surface area contributed by atoms with E-state index in [1.165, 1.54) is 25.0 Å². The highest BCUT2D eigenvalue weighted by molar-refractivity contribution is 7.80. The molecule has 19 heavy (non-hydrogen) atoms. The SMILES string of the molecule is NC(=S)c1ccc(NCCN2CCCC2)c(F)c1F. The molecule has 1 saturated heterocycles. The molecular weight excluding hydrogens is 268 g/mol. The third-order valence-corrected chi connectivity index (χ3v) is 3.51. The van der Waals surface area contributed by atoms with E-state index in [0.29, 0.717) is 6.54 Å². The number of rotatable bonds is 5. The van der Waals surface area contributed by atoms with Gasteiger partial charge in [-0.25, -0.2) is 8.78 Å². The molecule has 0 aliphatic carbocycles. The summed E-state index contributed by atoms with van der Waals surface area (Å²) in [6, 6.07) is 2.87. The highest BCUT2D eigenvalue weighted by atomic mass is 32.1. The van der Waals surface area contributed by atoms with Crippen molar-refractivity contribution in [2.75, 3.05) is 31.5 Å². The van der Waals surface area contributed by atoms with Crippen LogP contribution in [0.4, 0.5) is 14.5 Å². The summed E-state index contributed by atoms with van der Waals surface area (Å²) >= 11 is 4.66. The highest BCUT2D eigenvalue weighted by Crippen LogP contribution is 2.20. The van der Waals surface area contributed by atoms with Gasteiger partial charge >= 0.3 is 0 Å². The van der Waals surface area contributed by atoms with Crippen LogP contribution in [0, 0.1) is 11.6 Å². The zero-order valence-corrected chi connectivity index (χ0v) is 11.4. The van der Waals surface area contributed by atoms with Crippen LogP contribution in [0.15, 0.2) is 12.1 Å². The normalized spacial score (nSPS) is 15.7. The Kier molecular flexibility index (Phi) is 4.66. The number of nitrogens with one attached hydrogen (secondary N) is 1. The summed E-state index contributed by atoms with van der Waals surface area (Å²) in [5.74, 6) is -1.91. The van der Waals surface area contributed by atoms with Crippen LogP contribution < -0.4 is 11.1 Å². The van der Waals surface area contributed by atoms with Gasteiger partial charge in [-0.1, -0.05) is 12.2 Å². The molecule has 6 heteroatoms. The first-order valence-electron chi connectivity index (χ1n) is 6.33. The molecule has 3 nitrogen and oxygen atoms in total. The molecule has 1 aromatic rings. The van der Waals surface area contributed by atoms with Gasteiger partial charge in [0.2, 0.25) is 0 Å². The minimum absolute atomic E-state index is 0.0578. The van der Waals surface area contributed by atoms with Crippen molar-refractivity contribution in [3.05, 3.63) is 29.3 Å². The zero-order chi connectivity index (χ0) is 13.8. The molecule has 104 valence electrons. The molecule has 0 unspecified atom stereocenters. The van der Waals surface area contributed by atoms with Gasteiger partial charge in [0.05, 0.1) is 5.69 Å². The van der Waals surface area contributed by atoms with Gasteiger partial charge in [-0.3, -0.25) is 0 Å². The number of halogens is 2. The lowest BCUT2D eigenvalue weighted by Gasteiger charge is -2.16. The smallest absolute Gasteiger partial charge is 0.182 e. The average molecular weight is 285 g/mol. The number of hydrogen-bond acceptors (Lipinski definition) is 3. The Bertz CT molecular complexity index is 473. The number of benzene rings is 1. The van der Waals surface area contributed by atoms with Gasteiger partial charge in [0.15, 0.2) is 11.6 Å². The molecule has 1 heterocycles. The first-order chi connectivity index (χ1) is 9.09. The van der Waals surface area contributed by atoms with Gasteiger partial charge in [0.1, 0.15) is 4.99 Å². The van der Waals surface area contributed by atoms with Gasteiger partial charge in [0, 0.05) is 18.7 Å². The number of thiocarbonyl (C=S) groups is 1.